The van der Waals surface area contributed by atoms with E-state index in [1.54, 1.807) is 0 Å². The molecule has 0 bridgehead atoms. The zero-order chi connectivity index (χ0) is 5.98. The molecule has 0 amide bonds. The molecular formula is C2HClN4O. The number of nitrogens with zero attached hydrogens (tertiary/aromatic N) is 4. The van der Waals surface area contributed by atoms with E-state index in [2.05, 4.69) is 20.7 Å². The molecule has 0 aromatic heterocycles. The van der Waals surface area contributed by atoms with Gasteiger partial charge in [-0.3, -0.25) is 4.79 Å². The van der Waals surface area contributed by atoms with E-state index < -0.39 is 11.4 Å². The highest BCUT2D eigenvalue weighted by Gasteiger charge is 2.16. The minimum Gasteiger partial charge on any atom is -0.276 e. The van der Waals surface area contributed by atoms with Crippen molar-refractivity contribution in [1.82, 2.24) is 0 Å². The van der Waals surface area contributed by atoms with Crippen molar-refractivity contribution in [2.24, 2.45) is 20.7 Å². The highest BCUT2D eigenvalue weighted by molar-refractivity contribution is 6.64. The van der Waals surface area contributed by atoms with Crippen LogP contribution in [0.5, 0.6) is 0 Å². The Morgan fingerprint density at radius 1 is 1.38 bits per heavy atom. The third-order valence-electron chi connectivity index (χ3n) is 0.565. The van der Waals surface area contributed by atoms with E-state index in [1.165, 1.54) is 0 Å². The lowest BCUT2D eigenvalue weighted by Crippen LogP contribution is -2.05. The molecule has 1 rings (SSSR count). The second-order valence-corrected chi connectivity index (χ2v) is 1.46. The zero-order valence-corrected chi connectivity index (χ0v) is 4.41. The summed E-state index contributed by atoms with van der Waals surface area (Å²) in [6.07, 6.45) is -0.892. The second kappa shape index (κ2) is 1.95. The smallest absolute Gasteiger partial charge is 0.272 e. The lowest BCUT2D eigenvalue weighted by atomic mass is 10.6. The highest BCUT2D eigenvalue weighted by Crippen LogP contribution is 2.06. The molecule has 5 nitrogen and oxygen atoms in total. The lowest BCUT2D eigenvalue weighted by molar-refractivity contribution is -0.112. The van der Waals surface area contributed by atoms with Gasteiger partial charge in [-0.05, 0) is 22.0 Å². The molecule has 0 N–H and O–H groups in total. The number of carbonyl (C=O) groups is 1. The Balaban J connectivity index is 2.62. The van der Waals surface area contributed by atoms with Crippen molar-refractivity contribution in [3.8, 4) is 0 Å². The molecule has 0 spiro atoms. The Kier molecular flexibility index (Phi) is 1.29. The van der Waals surface area contributed by atoms with E-state index in [4.69, 9.17) is 11.6 Å². The van der Waals surface area contributed by atoms with Crippen LogP contribution in [0.4, 0.5) is 0 Å². The number of hydrogen-bond acceptors (Lipinski definition) is 5. The molecule has 42 valence electrons. The van der Waals surface area contributed by atoms with Crippen LogP contribution in [0, 0.1) is 0 Å². The quantitative estimate of drug-likeness (QED) is 0.489. The van der Waals surface area contributed by atoms with Crippen molar-refractivity contribution in [3.63, 3.8) is 0 Å². The molecule has 8 heavy (non-hydrogen) atoms. The highest BCUT2D eigenvalue weighted by atomic mass is 35.5. The topological polar surface area (TPSA) is 66.5 Å². The SMILES string of the molecule is O=C(Cl)C1N=NN=N1. The Morgan fingerprint density at radius 3 is 2.12 bits per heavy atom. The molecule has 0 unspecified atom stereocenters. The van der Waals surface area contributed by atoms with Crippen molar-refractivity contribution in [2.45, 2.75) is 6.17 Å². The predicted molar refractivity (Wildman–Crippen MR) is 24.4 cm³/mol. The Hall–Kier alpha value is -0.840. The predicted octanol–water partition coefficient (Wildman–Crippen LogP) is 0.911. The molecule has 0 aromatic carbocycles. The van der Waals surface area contributed by atoms with E-state index in [0.717, 1.165) is 0 Å². The van der Waals surface area contributed by atoms with Crippen LogP contribution >= 0.6 is 11.6 Å². The summed E-state index contributed by atoms with van der Waals surface area (Å²) in [5, 5.41) is 12.0. The van der Waals surface area contributed by atoms with E-state index >= 15 is 0 Å². The average molecular weight is 133 g/mol. The number of halogens is 1. The molecule has 1 aliphatic heterocycles. The summed E-state index contributed by atoms with van der Waals surface area (Å²) < 4.78 is 0. The minimum absolute atomic E-state index is 0.657. The van der Waals surface area contributed by atoms with Crippen LogP contribution in [0.25, 0.3) is 0 Å². The first kappa shape index (κ1) is 5.30. The van der Waals surface area contributed by atoms with Gasteiger partial charge in [0, 0.05) is 0 Å². The largest absolute Gasteiger partial charge is 0.276 e. The maximum atomic E-state index is 10.1. The molecule has 0 saturated heterocycles. The molecule has 1 aliphatic rings. The van der Waals surface area contributed by atoms with E-state index in [9.17, 15) is 4.79 Å². The van der Waals surface area contributed by atoms with Crippen LogP contribution in [-0.4, -0.2) is 11.4 Å². The molecule has 6 heteroatoms. The molecule has 0 radical (unpaired) electrons. The van der Waals surface area contributed by atoms with Crippen molar-refractivity contribution in [2.75, 3.05) is 0 Å². The fourth-order valence-corrected chi connectivity index (χ4v) is 0.345. The van der Waals surface area contributed by atoms with Crippen molar-refractivity contribution < 1.29 is 4.79 Å². The van der Waals surface area contributed by atoms with Gasteiger partial charge in [-0.25, -0.2) is 0 Å². The maximum Gasteiger partial charge on any atom is 0.272 e. The van der Waals surface area contributed by atoms with Gasteiger partial charge in [0.2, 0.25) is 0 Å². The van der Waals surface area contributed by atoms with Gasteiger partial charge in [-0.2, -0.15) is 0 Å². The summed E-state index contributed by atoms with van der Waals surface area (Å²) in [7, 11) is 0. The first-order valence-electron chi connectivity index (χ1n) is 1.80. The summed E-state index contributed by atoms with van der Waals surface area (Å²) in [6.45, 7) is 0. The molecule has 0 aliphatic carbocycles. The van der Waals surface area contributed by atoms with Gasteiger partial charge in [0.15, 0.2) is 0 Å². The maximum absolute atomic E-state index is 10.1. The fraction of sp³-hybridized carbons (Fsp3) is 0.500. The lowest BCUT2D eigenvalue weighted by Gasteiger charge is -1.84. The first-order valence-corrected chi connectivity index (χ1v) is 2.18. The number of rotatable bonds is 1. The van der Waals surface area contributed by atoms with Crippen molar-refractivity contribution >= 4 is 16.8 Å². The minimum atomic E-state index is -0.892. The third-order valence-corrected chi connectivity index (χ3v) is 0.760. The standard InChI is InChI=1S/C2HClN4O/c3-1(8)2-4-6-7-5-2/h2H. The van der Waals surface area contributed by atoms with Crippen LogP contribution in [-0.2, 0) is 4.79 Å². The fourth-order valence-electron chi connectivity index (χ4n) is 0.258. The van der Waals surface area contributed by atoms with Crippen LogP contribution < -0.4 is 0 Å². The average Bonchev–Trinajstić information content (AvgIpc) is 2.12. The van der Waals surface area contributed by atoms with E-state index in [1.807, 2.05) is 0 Å². The normalized spacial score (nSPS) is 17.6. The Morgan fingerprint density at radius 2 is 1.88 bits per heavy atom. The van der Waals surface area contributed by atoms with Crippen LogP contribution in [0.3, 0.4) is 0 Å². The van der Waals surface area contributed by atoms with Crippen LogP contribution in [0.15, 0.2) is 20.7 Å². The second-order valence-electron chi connectivity index (χ2n) is 1.09. The number of carbonyl (C=O) groups excluding carboxylic acids is 1. The summed E-state index contributed by atoms with van der Waals surface area (Å²) >= 11 is 4.94. The van der Waals surface area contributed by atoms with Gasteiger partial charge in [0.1, 0.15) is 0 Å². The van der Waals surface area contributed by atoms with Crippen molar-refractivity contribution in [1.29, 1.82) is 0 Å². The Labute approximate surface area is 49.4 Å². The van der Waals surface area contributed by atoms with Gasteiger partial charge in [-0.15, -0.1) is 10.2 Å². The number of hydrogen-bond donors (Lipinski definition) is 0. The summed E-state index contributed by atoms with van der Waals surface area (Å²) in [4.78, 5) is 10.1. The first-order chi connectivity index (χ1) is 3.80. The molecule has 1 heterocycles. The van der Waals surface area contributed by atoms with Gasteiger partial charge in [0.25, 0.3) is 11.4 Å². The summed E-state index contributed by atoms with van der Waals surface area (Å²) in [5.41, 5.74) is 0. The Bertz CT molecular complexity index is 151. The third kappa shape index (κ3) is 0.865. The molecule has 0 saturated carbocycles. The van der Waals surface area contributed by atoms with Crippen molar-refractivity contribution in [3.05, 3.63) is 0 Å². The van der Waals surface area contributed by atoms with E-state index in [0.29, 0.717) is 0 Å². The molecule has 0 aromatic rings. The van der Waals surface area contributed by atoms with Gasteiger partial charge in [-0.1, -0.05) is 0 Å². The van der Waals surface area contributed by atoms with Gasteiger partial charge < -0.3 is 0 Å². The van der Waals surface area contributed by atoms with Gasteiger partial charge >= 0.3 is 0 Å². The van der Waals surface area contributed by atoms with Crippen LogP contribution in [0.2, 0.25) is 0 Å². The zero-order valence-electron chi connectivity index (χ0n) is 3.65. The van der Waals surface area contributed by atoms with Gasteiger partial charge in [0.05, 0.1) is 0 Å². The summed E-state index contributed by atoms with van der Waals surface area (Å²) in [6, 6.07) is 0. The molecule has 0 atom stereocenters. The summed E-state index contributed by atoms with van der Waals surface area (Å²) in [5.74, 6) is 0. The molecular weight excluding hydrogens is 132 g/mol. The monoisotopic (exact) mass is 132 g/mol. The van der Waals surface area contributed by atoms with Crippen LogP contribution in [0.1, 0.15) is 0 Å². The van der Waals surface area contributed by atoms with E-state index in [-0.39, 0.29) is 0 Å². The molecule has 0 fully saturated rings.